The first kappa shape index (κ1) is 23.7. The highest BCUT2D eigenvalue weighted by atomic mass is 16.6. The predicted molar refractivity (Wildman–Crippen MR) is 127 cm³/mol. The fraction of sp³-hybridized carbons (Fsp3) is 0.500. The largest absolute Gasteiger partial charge is 0.487 e. The van der Waals surface area contributed by atoms with Crippen molar-refractivity contribution in [3.63, 3.8) is 0 Å². The van der Waals surface area contributed by atoms with Crippen LogP contribution in [0.2, 0.25) is 0 Å². The van der Waals surface area contributed by atoms with E-state index in [9.17, 15) is 14.7 Å². The summed E-state index contributed by atoms with van der Waals surface area (Å²) in [6, 6.07) is 11.2. The summed E-state index contributed by atoms with van der Waals surface area (Å²) in [4.78, 5) is 29.5. The molecule has 3 N–H and O–H groups in total. The van der Waals surface area contributed by atoms with E-state index in [1.165, 1.54) is 0 Å². The molecule has 0 bridgehead atoms. The molecule has 2 fully saturated rings. The highest BCUT2D eigenvalue weighted by molar-refractivity contribution is 5.92. The summed E-state index contributed by atoms with van der Waals surface area (Å²) in [5, 5.41) is 15.9. The predicted octanol–water partition coefficient (Wildman–Crippen LogP) is 2.15. The van der Waals surface area contributed by atoms with E-state index in [0.717, 1.165) is 35.5 Å². The maximum atomic E-state index is 12.7. The van der Waals surface area contributed by atoms with Crippen LogP contribution in [0.5, 0.6) is 5.75 Å². The van der Waals surface area contributed by atoms with Gasteiger partial charge in [0.15, 0.2) is 0 Å². The van der Waals surface area contributed by atoms with E-state index in [0.29, 0.717) is 26.2 Å². The first-order valence-electron chi connectivity index (χ1n) is 12.2. The first-order chi connectivity index (χ1) is 17.1. The molecule has 0 aliphatic carbocycles. The average molecular weight is 482 g/mol. The van der Waals surface area contributed by atoms with Crippen LogP contribution in [-0.2, 0) is 25.6 Å². The second kappa shape index (κ2) is 10.7. The minimum absolute atomic E-state index is 0.00591. The molecule has 4 heterocycles. The zero-order valence-corrected chi connectivity index (χ0v) is 19.5. The zero-order valence-electron chi connectivity index (χ0n) is 19.5. The fourth-order valence-electron chi connectivity index (χ4n) is 5.14. The number of fused-ring (bicyclic) bond motifs is 3. The Morgan fingerprint density at radius 1 is 1.14 bits per heavy atom. The van der Waals surface area contributed by atoms with Gasteiger partial charge in [0.25, 0.3) is 0 Å². The third-order valence-electron chi connectivity index (χ3n) is 6.96. The molecule has 9 heteroatoms. The maximum absolute atomic E-state index is 12.7. The van der Waals surface area contributed by atoms with Gasteiger partial charge in [0.1, 0.15) is 18.0 Å². The number of benzene rings is 1. The molecule has 2 saturated heterocycles. The summed E-state index contributed by atoms with van der Waals surface area (Å²) < 4.78 is 17.5. The molecule has 186 valence electrons. The monoisotopic (exact) mass is 481 g/mol. The molecule has 1 aromatic carbocycles. The third-order valence-corrected chi connectivity index (χ3v) is 6.96. The van der Waals surface area contributed by atoms with Crippen molar-refractivity contribution in [1.82, 2.24) is 10.3 Å². The number of aliphatic hydroxyl groups is 1. The molecule has 4 atom stereocenters. The Balaban J connectivity index is 1.24. The van der Waals surface area contributed by atoms with Gasteiger partial charge in [-0.1, -0.05) is 6.07 Å². The number of aliphatic hydroxyl groups excluding tert-OH is 1. The van der Waals surface area contributed by atoms with Crippen LogP contribution in [-0.4, -0.2) is 60.0 Å². The van der Waals surface area contributed by atoms with Crippen LogP contribution in [0.1, 0.15) is 42.9 Å². The van der Waals surface area contributed by atoms with Gasteiger partial charge in [-0.25, -0.2) is 0 Å². The van der Waals surface area contributed by atoms with Gasteiger partial charge in [0.2, 0.25) is 11.8 Å². The number of rotatable bonds is 7. The van der Waals surface area contributed by atoms with E-state index in [1.54, 1.807) is 6.20 Å². The number of hydrogen-bond acceptors (Lipinski definition) is 7. The minimum Gasteiger partial charge on any atom is -0.487 e. The van der Waals surface area contributed by atoms with Crippen LogP contribution in [0.3, 0.4) is 0 Å². The number of nitrogens with zero attached hydrogens (tertiary/aromatic N) is 1. The number of carbonyl (C=O) groups is 2. The third kappa shape index (κ3) is 5.47. The lowest BCUT2D eigenvalue weighted by atomic mass is 9.84. The standard InChI is InChI=1S/C26H31N3O6/c30-15-23-25-21(12-19(34-23)13-24(31)28-14-18-3-1-2-8-27-18)20-11-17(4-5-22(20)35-25)29-26(32)16-6-9-33-10-7-16/h1-5,8,11,16,19,21,23,25,30H,6-7,9-10,12-15H2,(H,28,31)(H,29,32)/t19-,21-,23+,25+/m1/s1. The van der Waals surface area contributed by atoms with Crippen LogP contribution in [0, 0.1) is 5.92 Å². The SMILES string of the molecule is O=C(C[C@H]1C[C@@H]2c3cc(NC(=O)C4CCOCC4)ccc3O[C@@H]2[C@H](CO)O1)NCc1ccccn1. The van der Waals surface area contributed by atoms with Gasteiger partial charge in [-0.3, -0.25) is 14.6 Å². The Hall–Kier alpha value is -3.01. The number of ether oxygens (including phenoxy) is 3. The van der Waals surface area contributed by atoms with Gasteiger partial charge in [-0.05, 0) is 49.6 Å². The Morgan fingerprint density at radius 3 is 2.77 bits per heavy atom. The lowest BCUT2D eigenvalue weighted by molar-refractivity contribution is -0.142. The lowest BCUT2D eigenvalue weighted by Crippen LogP contribution is -2.47. The highest BCUT2D eigenvalue weighted by Crippen LogP contribution is 2.47. The Bertz CT molecular complexity index is 1040. The van der Waals surface area contributed by atoms with Crippen LogP contribution >= 0.6 is 0 Å². The molecular weight excluding hydrogens is 450 g/mol. The Morgan fingerprint density at radius 2 is 2.00 bits per heavy atom. The normalized spacial score (nSPS) is 25.7. The molecule has 0 unspecified atom stereocenters. The summed E-state index contributed by atoms with van der Waals surface area (Å²) in [5.41, 5.74) is 2.48. The molecule has 3 aliphatic heterocycles. The number of nitrogens with one attached hydrogen (secondary N) is 2. The van der Waals surface area contributed by atoms with Crippen LogP contribution in [0.15, 0.2) is 42.6 Å². The second-order valence-electron chi connectivity index (χ2n) is 9.33. The first-order valence-corrected chi connectivity index (χ1v) is 12.2. The van der Waals surface area contributed by atoms with Crippen LogP contribution in [0.4, 0.5) is 5.69 Å². The summed E-state index contributed by atoms with van der Waals surface area (Å²) in [6.45, 7) is 1.37. The van der Waals surface area contributed by atoms with Gasteiger partial charge >= 0.3 is 0 Å². The van der Waals surface area contributed by atoms with Crippen LogP contribution < -0.4 is 15.4 Å². The van der Waals surface area contributed by atoms with E-state index in [1.807, 2.05) is 36.4 Å². The quantitative estimate of drug-likeness (QED) is 0.554. The molecule has 0 spiro atoms. The number of carbonyl (C=O) groups excluding carboxylic acids is 2. The van der Waals surface area contributed by atoms with Gasteiger partial charge in [0.05, 0.1) is 31.4 Å². The van der Waals surface area contributed by atoms with Crippen molar-refractivity contribution in [2.24, 2.45) is 5.92 Å². The molecule has 2 aromatic rings. The van der Waals surface area contributed by atoms with Crippen molar-refractivity contribution in [3.8, 4) is 5.75 Å². The van der Waals surface area contributed by atoms with E-state index in [2.05, 4.69) is 15.6 Å². The van der Waals surface area contributed by atoms with E-state index >= 15 is 0 Å². The molecule has 5 rings (SSSR count). The summed E-state index contributed by atoms with van der Waals surface area (Å²) in [6.07, 6.45) is 2.69. The van der Waals surface area contributed by atoms with Crippen molar-refractivity contribution in [2.75, 3.05) is 25.1 Å². The van der Waals surface area contributed by atoms with E-state index in [4.69, 9.17) is 14.2 Å². The second-order valence-corrected chi connectivity index (χ2v) is 9.33. The molecule has 3 aliphatic rings. The van der Waals surface area contributed by atoms with Crippen LogP contribution in [0.25, 0.3) is 0 Å². The number of aromatic nitrogens is 1. The molecule has 35 heavy (non-hydrogen) atoms. The number of pyridine rings is 1. The summed E-state index contributed by atoms with van der Waals surface area (Å²) >= 11 is 0. The number of amides is 2. The van der Waals surface area contributed by atoms with Crippen molar-refractivity contribution in [3.05, 3.63) is 53.9 Å². The highest BCUT2D eigenvalue weighted by Gasteiger charge is 2.46. The Kier molecular flexibility index (Phi) is 7.26. The topological polar surface area (TPSA) is 119 Å². The molecule has 0 radical (unpaired) electrons. The van der Waals surface area contributed by atoms with Gasteiger partial charge < -0.3 is 30.0 Å². The van der Waals surface area contributed by atoms with Crippen molar-refractivity contribution >= 4 is 17.5 Å². The molecule has 0 saturated carbocycles. The maximum Gasteiger partial charge on any atom is 0.227 e. The number of hydrogen-bond donors (Lipinski definition) is 3. The lowest BCUT2D eigenvalue weighted by Gasteiger charge is -2.37. The van der Waals surface area contributed by atoms with Crippen molar-refractivity contribution in [2.45, 2.75) is 56.5 Å². The summed E-state index contributed by atoms with van der Waals surface area (Å²) in [7, 11) is 0. The summed E-state index contributed by atoms with van der Waals surface area (Å²) in [5.74, 6) is 0.520. The zero-order chi connectivity index (χ0) is 24.2. The molecule has 1 aromatic heterocycles. The van der Waals surface area contributed by atoms with Crippen molar-refractivity contribution in [1.29, 1.82) is 0 Å². The van der Waals surface area contributed by atoms with Crippen molar-refractivity contribution < 1.29 is 28.9 Å². The van der Waals surface area contributed by atoms with Gasteiger partial charge in [-0.15, -0.1) is 0 Å². The Labute approximate surface area is 204 Å². The minimum atomic E-state index is -0.532. The van der Waals surface area contributed by atoms with E-state index < -0.39 is 6.10 Å². The molecule has 9 nitrogen and oxygen atoms in total. The van der Waals surface area contributed by atoms with Gasteiger partial charge in [0, 0.05) is 42.5 Å². The smallest absolute Gasteiger partial charge is 0.227 e. The average Bonchev–Trinajstić information content (AvgIpc) is 3.26. The fourth-order valence-corrected chi connectivity index (χ4v) is 5.14. The molecular formula is C26H31N3O6. The van der Waals surface area contributed by atoms with Gasteiger partial charge in [-0.2, -0.15) is 0 Å². The van der Waals surface area contributed by atoms with E-state index in [-0.39, 0.29) is 48.9 Å². The molecule has 2 amide bonds. The number of anilines is 1.